The standard InChI is InChI=1S/C60H58BNOS/c1-57(2,3)36-21-25-47(43(30-36)35-19-23-41-40-16-12-13-18-44(40)60(10,11)45(41)29-35)62-48-26-22-37(58(4,5)6)31-46(48)61-54-49(62)32-38(59(7,8)9)33-51(54)63-50-27-24-42-53-39-17-14-15-34(39)20-28-52(53)64-56(42)55(50)61/h12-13,16,18-33H,14-15,17H2,1-11H3. The Hall–Kier alpha value is -5.58. The molecule has 2 aliphatic heterocycles. The minimum atomic E-state index is -0.110. The van der Waals surface area contributed by atoms with Crippen molar-refractivity contribution in [1.29, 1.82) is 0 Å². The quantitative estimate of drug-likeness (QED) is 0.161. The Morgan fingerprint density at radius 2 is 1.30 bits per heavy atom. The number of fused-ring (bicyclic) bond motifs is 13. The molecule has 0 atom stereocenters. The first-order valence-electron chi connectivity index (χ1n) is 23.6. The van der Waals surface area contributed by atoms with Gasteiger partial charge in [-0.3, -0.25) is 0 Å². The van der Waals surface area contributed by atoms with Crippen LogP contribution in [0.25, 0.3) is 42.4 Å². The molecule has 1 aromatic heterocycles. The van der Waals surface area contributed by atoms with Crippen LogP contribution in [0.3, 0.4) is 0 Å². The average molecular weight is 852 g/mol. The van der Waals surface area contributed by atoms with Crippen molar-refractivity contribution in [2.24, 2.45) is 0 Å². The molecule has 4 aliphatic rings. The third kappa shape index (κ3) is 5.70. The van der Waals surface area contributed by atoms with E-state index in [1.54, 1.807) is 5.56 Å². The van der Waals surface area contributed by atoms with Crippen LogP contribution in [0.1, 0.15) is 122 Å². The Balaban J connectivity index is 1.16. The molecule has 12 rings (SSSR count). The van der Waals surface area contributed by atoms with Crippen LogP contribution in [0.2, 0.25) is 0 Å². The zero-order valence-corrected chi connectivity index (χ0v) is 40.2. The number of anilines is 3. The van der Waals surface area contributed by atoms with Crippen LogP contribution in [0.5, 0.6) is 11.5 Å². The first kappa shape index (κ1) is 40.0. The Kier molecular flexibility index (Phi) is 8.28. The van der Waals surface area contributed by atoms with Crippen LogP contribution < -0.4 is 26.0 Å². The van der Waals surface area contributed by atoms with Crippen LogP contribution in [-0.4, -0.2) is 6.71 Å². The smallest absolute Gasteiger partial charge is 0.258 e. The SMILES string of the molecule is CC(C)(C)c1ccc2c(c1)B1c3c(cc(C(C)(C)C)cc3N2c2ccc(C(C)(C)C)cc2-c2ccc3c(c2)C(C)(C)c2ccccc2-3)Oc2ccc3c(sc4ccc5c(c43)CCC5)c21. The normalized spacial score (nSPS) is 15.7. The largest absolute Gasteiger partial charge is 0.458 e. The number of aryl methyl sites for hydroxylation is 2. The number of ether oxygens (including phenoxy) is 1. The molecule has 64 heavy (non-hydrogen) atoms. The number of hydrogen-bond donors (Lipinski definition) is 0. The highest BCUT2D eigenvalue weighted by Gasteiger charge is 2.45. The minimum absolute atomic E-state index is 0.00211. The fraction of sp³-hybridized carbons (Fsp3) is 0.300. The second-order valence-electron chi connectivity index (χ2n) is 22.9. The Morgan fingerprint density at radius 1 is 0.578 bits per heavy atom. The summed E-state index contributed by atoms with van der Waals surface area (Å²) in [5.74, 6) is 1.96. The number of benzene rings is 7. The molecule has 4 heteroatoms. The molecule has 0 unspecified atom stereocenters. The molecule has 7 aromatic carbocycles. The van der Waals surface area contributed by atoms with Gasteiger partial charge < -0.3 is 9.64 Å². The van der Waals surface area contributed by atoms with Crippen molar-refractivity contribution >= 4 is 71.7 Å². The van der Waals surface area contributed by atoms with Gasteiger partial charge in [0, 0.05) is 42.5 Å². The summed E-state index contributed by atoms with van der Waals surface area (Å²) in [6, 6.07) is 45.3. The summed E-state index contributed by atoms with van der Waals surface area (Å²) in [7, 11) is 0. The summed E-state index contributed by atoms with van der Waals surface area (Å²) in [5, 5.41) is 2.85. The van der Waals surface area contributed by atoms with E-state index >= 15 is 0 Å². The third-order valence-corrected chi connectivity index (χ3v) is 16.6. The molecule has 318 valence electrons. The van der Waals surface area contributed by atoms with Crippen LogP contribution in [0.15, 0.2) is 115 Å². The van der Waals surface area contributed by atoms with Crippen molar-refractivity contribution in [3.63, 3.8) is 0 Å². The Bertz CT molecular complexity index is 3330. The van der Waals surface area contributed by atoms with Gasteiger partial charge in [0.1, 0.15) is 11.5 Å². The summed E-state index contributed by atoms with van der Waals surface area (Å²) in [6.45, 7) is 25.8. The fourth-order valence-corrected chi connectivity index (χ4v) is 13.0. The van der Waals surface area contributed by atoms with E-state index in [2.05, 4.69) is 196 Å². The summed E-state index contributed by atoms with van der Waals surface area (Å²) in [5.41, 5.74) is 22.3. The zero-order valence-electron chi connectivity index (χ0n) is 39.4. The first-order valence-corrected chi connectivity index (χ1v) is 24.4. The van der Waals surface area contributed by atoms with Gasteiger partial charge in [-0.05, 0) is 162 Å². The molecular formula is C60H58BNOS. The highest BCUT2D eigenvalue weighted by molar-refractivity contribution is 7.28. The molecule has 0 bridgehead atoms. The molecule has 0 saturated carbocycles. The summed E-state index contributed by atoms with van der Waals surface area (Å²) >= 11 is 1.97. The fourth-order valence-electron chi connectivity index (χ4n) is 11.7. The zero-order chi connectivity index (χ0) is 44.4. The van der Waals surface area contributed by atoms with E-state index in [0.717, 1.165) is 17.9 Å². The van der Waals surface area contributed by atoms with E-state index < -0.39 is 0 Å². The maximum absolute atomic E-state index is 7.32. The molecule has 0 N–H and O–H groups in total. The summed E-state index contributed by atoms with van der Waals surface area (Å²) in [6.07, 6.45) is 3.58. The molecule has 0 saturated heterocycles. The van der Waals surface area contributed by atoms with E-state index in [1.165, 1.54) is 122 Å². The van der Waals surface area contributed by atoms with Crippen LogP contribution in [0, 0.1) is 0 Å². The predicted molar refractivity (Wildman–Crippen MR) is 276 cm³/mol. The number of thiophene rings is 1. The van der Waals surface area contributed by atoms with E-state index in [1.807, 2.05) is 11.3 Å². The molecule has 8 aromatic rings. The maximum atomic E-state index is 7.32. The van der Waals surface area contributed by atoms with E-state index in [4.69, 9.17) is 4.74 Å². The topological polar surface area (TPSA) is 12.5 Å². The van der Waals surface area contributed by atoms with Gasteiger partial charge >= 0.3 is 0 Å². The molecule has 2 nitrogen and oxygen atoms in total. The number of rotatable bonds is 2. The van der Waals surface area contributed by atoms with Crippen molar-refractivity contribution in [3.8, 4) is 33.8 Å². The van der Waals surface area contributed by atoms with Gasteiger partial charge in [-0.25, -0.2) is 0 Å². The van der Waals surface area contributed by atoms with Crippen LogP contribution in [-0.2, 0) is 34.5 Å². The maximum Gasteiger partial charge on any atom is 0.258 e. The van der Waals surface area contributed by atoms with Crippen molar-refractivity contribution in [2.75, 3.05) is 4.90 Å². The van der Waals surface area contributed by atoms with E-state index in [0.29, 0.717) is 0 Å². The average Bonchev–Trinajstić information content (AvgIpc) is 3.95. The molecule has 0 radical (unpaired) electrons. The number of nitrogens with zero attached hydrogens (tertiary/aromatic N) is 1. The first-order chi connectivity index (χ1) is 30.4. The Morgan fingerprint density at radius 3 is 2.06 bits per heavy atom. The molecule has 0 spiro atoms. The lowest BCUT2D eigenvalue weighted by Gasteiger charge is -2.42. The predicted octanol–water partition coefficient (Wildman–Crippen LogP) is 14.8. The van der Waals surface area contributed by atoms with Crippen molar-refractivity contribution in [3.05, 3.63) is 154 Å². The van der Waals surface area contributed by atoms with Gasteiger partial charge in [-0.1, -0.05) is 137 Å². The second kappa shape index (κ2) is 13.3. The summed E-state index contributed by atoms with van der Waals surface area (Å²) < 4.78 is 10.1. The summed E-state index contributed by atoms with van der Waals surface area (Å²) in [4.78, 5) is 2.62. The third-order valence-electron chi connectivity index (χ3n) is 15.3. The monoisotopic (exact) mass is 851 g/mol. The van der Waals surface area contributed by atoms with Gasteiger partial charge in [0.2, 0.25) is 0 Å². The Labute approximate surface area is 384 Å². The van der Waals surface area contributed by atoms with Crippen molar-refractivity contribution < 1.29 is 4.74 Å². The lowest BCUT2D eigenvalue weighted by molar-refractivity contribution is 0.484. The molecule has 0 amide bonds. The van der Waals surface area contributed by atoms with E-state index in [9.17, 15) is 0 Å². The highest BCUT2D eigenvalue weighted by Crippen LogP contribution is 2.53. The van der Waals surface area contributed by atoms with Crippen molar-refractivity contribution in [2.45, 2.75) is 117 Å². The molecule has 3 heterocycles. The minimum Gasteiger partial charge on any atom is -0.458 e. The van der Waals surface area contributed by atoms with Gasteiger partial charge in [0.15, 0.2) is 0 Å². The second-order valence-corrected chi connectivity index (χ2v) is 23.9. The van der Waals surface area contributed by atoms with Gasteiger partial charge in [-0.2, -0.15) is 0 Å². The van der Waals surface area contributed by atoms with Crippen LogP contribution in [0.4, 0.5) is 17.1 Å². The highest BCUT2D eigenvalue weighted by atomic mass is 32.1. The number of hydrogen-bond acceptors (Lipinski definition) is 3. The van der Waals surface area contributed by atoms with E-state index in [-0.39, 0.29) is 28.4 Å². The lowest BCUT2D eigenvalue weighted by Crippen LogP contribution is -2.60. The molecule has 2 aliphatic carbocycles. The molecular weight excluding hydrogens is 794 g/mol. The van der Waals surface area contributed by atoms with Crippen molar-refractivity contribution in [1.82, 2.24) is 0 Å². The van der Waals surface area contributed by atoms with Gasteiger partial charge in [0.05, 0.1) is 5.69 Å². The molecule has 0 fully saturated rings. The van der Waals surface area contributed by atoms with Gasteiger partial charge in [0.25, 0.3) is 6.71 Å². The lowest BCUT2D eigenvalue weighted by atomic mass is 9.33. The van der Waals surface area contributed by atoms with Crippen LogP contribution >= 0.6 is 11.3 Å². The van der Waals surface area contributed by atoms with Gasteiger partial charge in [-0.15, -0.1) is 11.3 Å².